The number of hydrogen-bond acceptors (Lipinski definition) is 2. The van der Waals surface area contributed by atoms with Gasteiger partial charge in [0.05, 0.1) is 0 Å². The average molecular weight is 217 g/mol. The monoisotopic (exact) mass is 217 g/mol. The number of carbonyl (C=O) groups is 2. The first-order chi connectivity index (χ1) is 7.58. The first-order valence-corrected chi connectivity index (χ1v) is 5.52. The Morgan fingerprint density at radius 1 is 1.44 bits per heavy atom. The number of benzene rings is 1. The molecule has 1 atom stereocenters. The molecule has 2 rings (SSSR count). The van der Waals surface area contributed by atoms with Gasteiger partial charge in [0, 0.05) is 24.1 Å². The molecule has 1 aliphatic rings. The molecule has 0 radical (unpaired) electrons. The molecule has 0 saturated heterocycles. The lowest BCUT2D eigenvalue weighted by molar-refractivity contribution is -0.114. The van der Waals surface area contributed by atoms with Crippen molar-refractivity contribution in [2.24, 2.45) is 5.92 Å². The number of amides is 1. The van der Waals surface area contributed by atoms with E-state index in [4.69, 9.17) is 0 Å². The van der Waals surface area contributed by atoms with Crippen molar-refractivity contribution in [2.75, 3.05) is 5.32 Å². The minimum Gasteiger partial charge on any atom is -0.326 e. The summed E-state index contributed by atoms with van der Waals surface area (Å²) in [5, 5.41) is 2.73. The molecule has 1 aliphatic carbocycles. The molecular formula is C13H15NO2. The molecule has 16 heavy (non-hydrogen) atoms. The van der Waals surface area contributed by atoms with Crippen LogP contribution in [0.3, 0.4) is 0 Å². The summed E-state index contributed by atoms with van der Waals surface area (Å²) in [6.07, 6.45) is 1.81. The number of carbonyl (C=O) groups excluding carboxylic acids is 2. The summed E-state index contributed by atoms with van der Waals surface area (Å²) in [5.74, 6) is 0.255. The number of Topliss-reactive ketones (excluding diaryl/α,β-unsaturated/α-hetero) is 1. The molecule has 0 aliphatic heterocycles. The van der Waals surface area contributed by atoms with Crippen molar-refractivity contribution in [1.29, 1.82) is 0 Å². The van der Waals surface area contributed by atoms with Crippen molar-refractivity contribution < 1.29 is 9.59 Å². The van der Waals surface area contributed by atoms with E-state index < -0.39 is 0 Å². The van der Waals surface area contributed by atoms with Crippen molar-refractivity contribution in [2.45, 2.75) is 26.7 Å². The SMILES string of the molecule is CC(=O)Nc1ccc2c(c1)CCC(C)C2=O. The molecule has 1 N–H and O–H groups in total. The zero-order chi connectivity index (χ0) is 11.7. The van der Waals surface area contributed by atoms with E-state index in [0.29, 0.717) is 0 Å². The van der Waals surface area contributed by atoms with Crippen LogP contribution in [0.1, 0.15) is 36.2 Å². The molecule has 0 aromatic heterocycles. The molecule has 0 bridgehead atoms. The molecule has 1 aromatic carbocycles. The number of hydrogen-bond donors (Lipinski definition) is 1. The highest BCUT2D eigenvalue weighted by Gasteiger charge is 2.23. The summed E-state index contributed by atoms with van der Waals surface area (Å²) in [6.45, 7) is 3.44. The van der Waals surface area contributed by atoms with Crippen LogP contribution in [0, 0.1) is 5.92 Å². The summed E-state index contributed by atoms with van der Waals surface area (Å²) in [5.41, 5.74) is 2.64. The van der Waals surface area contributed by atoms with Crippen molar-refractivity contribution >= 4 is 17.4 Å². The van der Waals surface area contributed by atoms with Crippen molar-refractivity contribution in [3.8, 4) is 0 Å². The topological polar surface area (TPSA) is 46.2 Å². The third-order valence-electron chi connectivity index (χ3n) is 2.99. The molecule has 0 fully saturated rings. The molecular weight excluding hydrogens is 202 g/mol. The minimum absolute atomic E-state index is 0.0875. The number of nitrogens with one attached hydrogen (secondary N) is 1. The van der Waals surface area contributed by atoms with Gasteiger partial charge in [0.2, 0.25) is 5.91 Å². The first-order valence-electron chi connectivity index (χ1n) is 5.52. The Morgan fingerprint density at radius 2 is 2.19 bits per heavy atom. The minimum atomic E-state index is -0.0875. The second-order valence-electron chi connectivity index (χ2n) is 4.36. The first kappa shape index (κ1) is 10.9. The third-order valence-corrected chi connectivity index (χ3v) is 2.99. The van der Waals surface area contributed by atoms with E-state index >= 15 is 0 Å². The lowest BCUT2D eigenvalue weighted by Gasteiger charge is -2.20. The predicted octanol–water partition coefficient (Wildman–Crippen LogP) is 2.41. The molecule has 84 valence electrons. The Labute approximate surface area is 94.9 Å². The van der Waals surface area contributed by atoms with Gasteiger partial charge in [-0.2, -0.15) is 0 Å². The fraction of sp³-hybridized carbons (Fsp3) is 0.385. The smallest absolute Gasteiger partial charge is 0.221 e. The van der Waals surface area contributed by atoms with Gasteiger partial charge in [-0.25, -0.2) is 0 Å². The maximum Gasteiger partial charge on any atom is 0.221 e. The van der Waals surface area contributed by atoms with E-state index in [1.165, 1.54) is 6.92 Å². The molecule has 0 spiro atoms. The zero-order valence-corrected chi connectivity index (χ0v) is 9.54. The van der Waals surface area contributed by atoms with Gasteiger partial charge in [0.25, 0.3) is 0 Å². The van der Waals surface area contributed by atoms with E-state index in [0.717, 1.165) is 29.7 Å². The molecule has 1 unspecified atom stereocenters. The summed E-state index contributed by atoms with van der Waals surface area (Å²) >= 11 is 0. The Morgan fingerprint density at radius 3 is 2.88 bits per heavy atom. The van der Waals surface area contributed by atoms with Gasteiger partial charge in [0.1, 0.15) is 0 Å². The van der Waals surface area contributed by atoms with E-state index in [1.807, 2.05) is 19.1 Å². The quantitative estimate of drug-likeness (QED) is 0.785. The highest BCUT2D eigenvalue weighted by molar-refractivity contribution is 6.00. The molecule has 3 nitrogen and oxygen atoms in total. The van der Waals surface area contributed by atoms with Gasteiger partial charge < -0.3 is 5.32 Å². The third kappa shape index (κ3) is 1.98. The normalized spacial score (nSPS) is 19.1. The average Bonchev–Trinajstić information content (AvgIpc) is 2.23. The summed E-state index contributed by atoms with van der Waals surface area (Å²) in [7, 11) is 0. The van der Waals surface area contributed by atoms with E-state index in [2.05, 4.69) is 5.32 Å². The fourth-order valence-electron chi connectivity index (χ4n) is 2.09. The van der Waals surface area contributed by atoms with Crippen molar-refractivity contribution in [1.82, 2.24) is 0 Å². The fourth-order valence-corrected chi connectivity index (χ4v) is 2.09. The highest BCUT2D eigenvalue weighted by atomic mass is 16.1. The molecule has 3 heteroatoms. The van der Waals surface area contributed by atoms with Gasteiger partial charge in [-0.05, 0) is 36.6 Å². The highest BCUT2D eigenvalue weighted by Crippen LogP contribution is 2.27. The van der Waals surface area contributed by atoms with Crippen LogP contribution in [0.5, 0.6) is 0 Å². The summed E-state index contributed by atoms with van der Waals surface area (Å²) in [6, 6.07) is 5.51. The number of ketones is 1. The van der Waals surface area contributed by atoms with Crippen LogP contribution < -0.4 is 5.32 Å². The Kier molecular flexibility index (Phi) is 2.77. The Hall–Kier alpha value is -1.64. The number of fused-ring (bicyclic) bond motifs is 1. The number of aryl methyl sites for hydroxylation is 1. The largest absolute Gasteiger partial charge is 0.326 e. The lowest BCUT2D eigenvalue weighted by atomic mass is 9.83. The Bertz CT molecular complexity index is 451. The van der Waals surface area contributed by atoms with Crippen molar-refractivity contribution in [3.05, 3.63) is 29.3 Å². The van der Waals surface area contributed by atoms with Crippen LogP contribution in [-0.2, 0) is 11.2 Å². The summed E-state index contributed by atoms with van der Waals surface area (Å²) < 4.78 is 0. The van der Waals surface area contributed by atoms with Gasteiger partial charge in [-0.1, -0.05) is 6.92 Å². The molecule has 1 aromatic rings. The van der Waals surface area contributed by atoms with E-state index in [9.17, 15) is 9.59 Å². The Balaban J connectivity index is 2.33. The van der Waals surface area contributed by atoms with Crippen LogP contribution >= 0.6 is 0 Å². The van der Waals surface area contributed by atoms with Crippen LogP contribution in [0.2, 0.25) is 0 Å². The maximum absolute atomic E-state index is 11.9. The number of rotatable bonds is 1. The van der Waals surface area contributed by atoms with Gasteiger partial charge in [-0.15, -0.1) is 0 Å². The van der Waals surface area contributed by atoms with E-state index in [-0.39, 0.29) is 17.6 Å². The molecule has 0 heterocycles. The van der Waals surface area contributed by atoms with Crippen LogP contribution in [0.25, 0.3) is 0 Å². The number of anilines is 1. The maximum atomic E-state index is 11.9. The second-order valence-corrected chi connectivity index (χ2v) is 4.36. The van der Waals surface area contributed by atoms with Crippen molar-refractivity contribution in [3.63, 3.8) is 0 Å². The standard InChI is InChI=1S/C13H15NO2/c1-8-3-4-10-7-11(14-9(2)15)5-6-12(10)13(8)16/h5-8H,3-4H2,1-2H3,(H,14,15). The lowest BCUT2D eigenvalue weighted by Crippen LogP contribution is -2.20. The van der Waals surface area contributed by atoms with Crippen LogP contribution in [-0.4, -0.2) is 11.7 Å². The molecule has 1 amide bonds. The van der Waals surface area contributed by atoms with Gasteiger partial charge >= 0.3 is 0 Å². The van der Waals surface area contributed by atoms with Gasteiger partial charge in [0.15, 0.2) is 5.78 Å². The zero-order valence-electron chi connectivity index (χ0n) is 9.54. The second kappa shape index (κ2) is 4.08. The van der Waals surface area contributed by atoms with E-state index in [1.54, 1.807) is 6.07 Å². The molecule has 0 saturated carbocycles. The predicted molar refractivity (Wildman–Crippen MR) is 62.6 cm³/mol. The van der Waals surface area contributed by atoms with Gasteiger partial charge in [-0.3, -0.25) is 9.59 Å². The summed E-state index contributed by atoms with van der Waals surface area (Å²) in [4.78, 5) is 22.8. The van der Waals surface area contributed by atoms with Crippen LogP contribution in [0.4, 0.5) is 5.69 Å². The van der Waals surface area contributed by atoms with Crippen LogP contribution in [0.15, 0.2) is 18.2 Å².